The highest BCUT2D eigenvalue weighted by Gasteiger charge is 2.26. The normalized spacial score (nSPS) is 15.5. The number of sulfonamides is 1. The molecule has 0 unspecified atom stereocenters. The molecule has 1 saturated heterocycles. The molecule has 2 aromatic rings. The molecule has 1 fully saturated rings. The van der Waals surface area contributed by atoms with Gasteiger partial charge in [0.2, 0.25) is 10.0 Å². The van der Waals surface area contributed by atoms with Gasteiger partial charge in [-0.05, 0) is 69.5 Å². The van der Waals surface area contributed by atoms with Crippen molar-refractivity contribution in [3.63, 3.8) is 0 Å². The first-order chi connectivity index (χ1) is 14.8. The molecule has 2 aromatic carbocycles. The van der Waals surface area contributed by atoms with E-state index in [1.807, 2.05) is 32.0 Å². The quantitative estimate of drug-likeness (QED) is 0.599. The maximum Gasteiger partial charge on any atom is 0.260 e. The average molecular weight is 447 g/mol. The molecular weight excluding hydrogens is 416 g/mol. The summed E-state index contributed by atoms with van der Waals surface area (Å²) in [7, 11) is -3.43. The SMILES string of the molecule is Cc1ccc(O[C@H](C)C(=O)NCCOc2ccc(S(=O)(=O)N3CCCC3)cc2)c(C)c1. The van der Waals surface area contributed by atoms with Crippen molar-refractivity contribution in [1.82, 2.24) is 9.62 Å². The Hall–Kier alpha value is -2.58. The molecule has 1 atom stereocenters. The van der Waals surface area contributed by atoms with Crippen LogP contribution in [0.4, 0.5) is 0 Å². The van der Waals surface area contributed by atoms with Crippen LogP contribution in [-0.2, 0) is 14.8 Å². The standard InChI is InChI=1S/C23H30N2O5S/c1-17-6-11-22(18(2)16-17)30-19(3)23(26)24-12-15-29-20-7-9-21(10-8-20)31(27,28)25-13-4-5-14-25/h6-11,16,19H,4-5,12-15H2,1-3H3,(H,24,26)/t19-/m1/s1. The largest absolute Gasteiger partial charge is 0.492 e. The van der Waals surface area contributed by atoms with Gasteiger partial charge in [0.05, 0.1) is 11.4 Å². The molecule has 1 aliphatic rings. The summed E-state index contributed by atoms with van der Waals surface area (Å²) in [6.45, 7) is 7.38. The number of carbonyl (C=O) groups is 1. The van der Waals surface area contributed by atoms with Crippen molar-refractivity contribution in [3.8, 4) is 11.5 Å². The third-order valence-corrected chi connectivity index (χ3v) is 7.11. The molecular formula is C23H30N2O5S. The number of hydrogen-bond donors (Lipinski definition) is 1. The lowest BCUT2D eigenvalue weighted by atomic mass is 10.1. The van der Waals surface area contributed by atoms with Gasteiger partial charge in [-0.3, -0.25) is 4.79 Å². The zero-order valence-electron chi connectivity index (χ0n) is 18.3. The number of amides is 1. The second kappa shape index (κ2) is 10.2. The fourth-order valence-corrected chi connectivity index (χ4v) is 4.96. The minimum Gasteiger partial charge on any atom is -0.492 e. The van der Waals surface area contributed by atoms with E-state index >= 15 is 0 Å². The first-order valence-electron chi connectivity index (χ1n) is 10.5. The molecule has 3 rings (SSSR count). The zero-order valence-corrected chi connectivity index (χ0v) is 19.1. The molecule has 1 N–H and O–H groups in total. The van der Waals surface area contributed by atoms with Gasteiger partial charge >= 0.3 is 0 Å². The number of nitrogens with one attached hydrogen (secondary N) is 1. The van der Waals surface area contributed by atoms with Crippen molar-refractivity contribution in [3.05, 3.63) is 53.6 Å². The number of nitrogens with zero attached hydrogens (tertiary/aromatic N) is 1. The fraction of sp³-hybridized carbons (Fsp3) is 0.435. The molecule has 0 saturated carbocycles. The summed E-state index contributed by atoms with van der Waals surface area (Å²) in [6.07, 6.45) is 1.18. The summed E-state index contributed by atoms with van der Waals surface area (Å²) in [4.78, 5) is 12.5. The van der Waals surface area contributed by atoms with Crippen molar-refractivity contribution in [1.29, 1.82) is 0 Å². The van der Waals surface area contributed by atoms with Gasteiger partial charge < -0.3 is 14.8 Å². The first kappa shape index (κ1) is 23.1. The van der Waals surface area contributed by atoms with E-state index in [4.69, 9.17) is 9.47 Å². The molecule has 1 amide bonds. The summed E-state index contributed by atoms with van der Waals surface area (Å²) in [5.74, 6) is 1.01. The topological polar surface area (TPSA) is 84.9 Å². The molecule has 31 heavy (non-hydrogen) atoms. The van der Waals surface area contributed by atoms with E-state index in [2.05, 4.69) is 5.32 Å². The minimum absolute atomic E-state index is 0.226. The van der Waals surface area contributed by atoms with Gasteiger partial charge in [-0.2, -0.15) is 4.31 Å². The highest BCUT2D eigenvalue weighted by atomic mass is 32.2. The zero-order chi connectivity index (χ0) is 22.4. The average Bonchev–Trinajstić information content (AvgIpc) is 3.29. The van der Waals surface area contributed by atoms with Gasteiger partial charge in [-0.1, -0.05) is 17.7 Å². The van der Waals surface area contributed by atoms with Gasteiger partial charge in [0.1, 0.15) is 18.1 Å². The second-order valence-corrected chi connectivity index (χ2v) is 9.69. The maximum absolute atomic E-state index is 12.5. The van der Waals surface area contributed by atoms with Crippen LogP contribution in [0, 0.1) is 13.8 Å². The van der Waals surface area contributed by atoms with E-state index in [0.717, 1.165) is 24.0 Å². The Balaban J connectivity index is 1.43. The van der Waals surface area contributed by atoms with Gasteiger partial charge in [0, 0.05) is 13.1 Å². The maximum atomic E-state index is 12.5. The first-order valence-corrected chi connectivity index (χ1v) is 12.0. The highest BCUT2D eigenvalue weighted by molar-refractivity contribution is 7.89. The smallest absolute Gasteiger partial charge is 0.260 e. The van der Waals surface area contributed by atoms with Crippen LogP contribution in [0.1, 0.15) is 30.9 Å². The van der Waals surface area contributed by atoms with Crippen LogP contribution < -0.4 is 14.8 Å². The third-order valence-electron chi connectivity index (χ3n) is 5.20. The Kier molecular flexibility index (Phi) is 7.56. The van der Waals surface area contributed by atoms with Crippen LogP contribution in [-0.4, -0.2) is 51.0 Å². The number of rotatable bonds is 9. The van der Waals surface area contributed by atoms with Gasteiger partial charge in [0.25, 0.3) is 5.91 Å². The minimum atomic E-state index is -3.43. The van der Waals surface area contributed by atoms with Crippen molar-refractivity contribution >= 4 is 15.9 Å². The summed E-state index contributed by atoms with van der Waals surface area (Å²) in [5.41, 5.74) is 2.12. The van der Waals surface area contributed by atoms with E-state index in [1.54, 1.807) is 31.2 Å². The molecule has 0 radical (unpaired) electrons. The summed E-state index contributed by atoms with van der Waals surface area (Å²) in [6, 6.07) is 12.2. The molecule has 7 nitrogen and oxygen atoms in total. The van der Waals surface area contributed by atoms with Crippen LogP contribution in [0.25, 0.3) is 0 Å². The molecule has 0 spiro atoms. The Morgan fingerprint density at radius 2 is 1.77 bits per heavy atom. The predicted octanol–water partition coefficient (Wildman–Crippen LogP) is 3.05. The Labute approximate surface area is 184 Å². The Morgan fingerprint density at radius 1 is 1.10 bits per heavy atom. The number of carbonyl (C=O) groups excluding carboxylic acids is 1. The number of aryl methyl sites for hydroxylation is 2. The van der Waals surface area contributed by atoms with E-state index in [-0.39, 0.29) is 17.4 Å². The Bertz CT molecular complexity index is 999. The van der Waals surface area contributed by atoms with Crippen molar-refractivity contribution in [2.24, 2.45) is 0 Å². The van der Waals surface area contributed by atoms with Crippen molar-refractivity contribution in [2.45, 2.75) is 44.6 Å². The van der Waals surface area contributed by atoms with Gasteiger partial charge in [0.15, 0.2) is 6.10 Å². The Morgan fingerprint density at radius 3 is 2.42 bits per heavy atom. The number of hydrogen-bond acceptors (Lipinski definition) is 5. The summed E-state index contributed by atoms with van der Waals surface area (Å²) < 4.78 is 38.0. The molecule has 1 heterocycles. The predicted molar refractivity (Wildman–Crippen MR) is 119 cm³/mol. The van der Waals surface area contributed by atoms with Gasteiger partial charge in [-0.25, -0.2) is 8.42 Å². The van der Waals surface area contributed by atoms with Crippen LogP contribution in [0.3, 0.4) is 0 Å². The van der Waals surface area contributed by atoms with Crippen LogP contribution >= 0.6 is 0 Å². The summed E-state index contributed by atoms with van der Waals surface area (Å²) >= 11 is 0. The van der Waals surface area contributed by atoms with Crippen LogP contribution in [0.5, 0.6) is 11.5 Å². The molecule has 0 aromatic heterocycles. The van der Waals surface area contributed by atoms with E-state index < -0.39 is 16.1 Å². The third kappa shape index (κ3) is 5.98. The fourth-order valence-electron chi connectivity index (χ4n) is 3.45. The highest BCUT2D eigenvalue weighted by Crippen LogP contribution is 2.23. The molecule has 8 heteroatoms. The van der Waals surface area contributed by atoms with Crippen LogP contribution in [0.15, 0.2) is 47.4 Å². The monoisotopic (exact) mass is 446 g/mol. The van der Waals surface area contributed by atoms with E-state index in [9.17, 15) is 13.2 Å². The number of ether oxygens (including phenoxy) is 2. The van der Waals surface area contributed by atoms with Crippen molar-refractivity contribution in [2.75, 3.05) is 26.2 Å². The summed E-state index contributed by atoms with van der Waals surface area (Å²) in [5, 5.41) is 2.79. The molecule has 0 aliphatic carbocycles. The number of benzene rings is 2. The second-order valence-electron chi connectivity index (χ2n) is 7.75. The van der Waals surface area contributed by atoms with Gasteiger partial charge in [-0.15, -0.1) is 0 Å². The van der Waals surface area contributed by atoms with E-state index in [1.165, 1.54) is 4.31 Å². The van der Waals surface area contributed by atoms with E-state index in [0.29, 0.717) is 31.1 Å². The molecule has 1 aliphatic heterocycles. The molecule has 168 valence electrons. The lowest BCUT2D eigenvalue weighted by Crippen LogP contribution is -2.38. The lowest BCUT2D eigenvalue weighted by Gasteiger charge is -2.17. The van der Waals surface area contributed by atoms with Crippen molar-refractivity contribution < 1.29 is 22.7 Å². The lowest BCUT2D eigenvalue weighted by molar-refractivity contribution is -0.127. The molecule has 0 bridgehead atoms. The van der Waals surface area contributed by atoms with Crippen LogP contribution in [0.2, 0.25) is 0 Å².